The van der Waals surface area contributed by atoms with Crippen LogP contribution in [-0.4, -0.2) is 0 Å². The van der Waals surface area contributed by atoms with E-state index in [1.165, 1.54) is 24.0 Å². The van der Waals surface area contributed by atoms with Crippen molar-refractivity contribution in [2.24, 2.45) is 5.92 Å². The summed E-state index contributed by atoms with van der Waals surface area (Å²) in [4.78, 5) is 0. The second-order valence-corrected chi connectivity index (χ2v) is 4.49. The minimum Gasteiger partial charge on any atom is -0.0945 e. The van der Waals surface area contributed by atoms with Crippen LogP contribution in [-0.2, 0) is 0 Å². The van der Waals surface area contributed by atoms with E-state index < -0.39 is 0 Å². The Morgan fingerprint density at radius 1 is 0.765 bits per heavy atom. The first-order valence-corrected chi connectivity index (χ1v) is 6.09. The topological polar surface area (TPSA) is 0 Å². The summed E-state index contributed by atoms with van der Waals surface area (Å²) in [6.45, 7) is 0. The zero-order chi connectivity index (χ0) is 11.5. The largest absolute Gasteiger partial charge is 0.0945 e. The van der Waals surface area contributed by atoms with Gasteiger partial charge in [0.25, 0.3) is 0 Å². The van der Waals surface area contributed by atoms with Crippen LogP contribution in [0, 0.1) is 17.8 Å². The molecule has 0 heterocycles. The lowest BCUT2D eigenvalue weighted by atomic mass is 10.0. The highest BCUT2D eigenvalue weighted by Gasteiger charge is 2.17. The van der Waals surface area contributed by atoms with Crippen molar-refractivity contribution in [1.82, 2.24) is 0 Å². The molecular weight excluding hydrogens is 204 g/mol. The Hall–Kier alpha value is -2.00. The molecule has 0 amide bonds. The van der Waals surface area contributed by atoms with E-state index in [0.29, 0.717) is 5.92 Å². The summed E-state index contributed by atoms with van der Waals surface area (Å²) >= 11 is 0. The van der Waals surface area contributed by atoms with E-state index in [1.807, 2.05) is 6.07 Å². The van der Waals surface area contributed by atoms with Crippen LogP contribution in [0.1, 0.15) is 18.4 Å². The summed E-state index contributed by atoms with van der Waals surface area (Å²) in [5, 5.41) is 0. The maximum Gasteiger partial charge on any atom is 0.0245 e. The maximum absolute atomic E-state index is 3.28. The van der Waals surface area contributed by atoms with Crippen LogP contribution < -0.4 is 0 Å². The highest BCUT2D eigenvalue weighted by atomic mass is 14.2. The lowest BCUT2D eigenvalue weighted by Crippen LogP contribution is -1.78. The van der Waals surface area contributed by atoms with Gasteiger partial charge in [-0.15, -0.1) is 0 Å². The predicted octanol–water partition coefficient (Wildman–Crippen LogP) is 4.12. The van der Waals surface area contributed by atoms with Gasteiger partial charge in [0, 0.05) is 11.5 Å². The van der Waals surface area contributed by atoms with Crippen LogP contribution in [0.3, 0.4) is 0 Å². The fourth-order valence-electron chi connectivity index (χ4n) is 1.79. The van der Waals surface area contributed by atoms with E-state index in [2.05, 4.69) is 60.4 Å². The van der Waals surface area contributed by atoms with Crippen LogP contribution in [0.25, 0.3) is 11.1 Å². The normalized spacial score (nSPS) is 13.9. The average Bonchev–Trinajstić information content (AvgIpc) is 3.22. The zero-order valence-electron chi connectivity index (χ0n) is 9.69. The Morgan fingerprint density at radius 2 is 1.41 bits per heavy atom. The molecule has 1 fully saturated rings. The molecule has 82 valence electrons. The van der Waals surface area contributed by atoms with Gasteiger partial charge in [0.2, 0.25) is 0 Å². The van der Waals surface area contributed by atoms with Crippen LogP contribution in [0.15, 0.2) is 54.6 Å². The third-order valence-electron chi connectivity index (χ3n) is 2.99. The van der Waals surface area contributed by atoms with Gasteiger partial charge in [-0.1, -0.05) is 54.3 Å². The minimum atomic E-state index is 0.670. The number of rotatable bonds is 1. The molecule has 0 saturated heterocycles. The molecule has 0 aromatic heterocycles. The molecule has 17 heavy (non-hydrogen) atoms. The molecule has 0 N–H and O–H groups in total. The van der Waals surface area contributed by atoms with Gasteiger partial charge in [0.15, 0.2) is 0 Å². The summed E-state index contributed by atoms with van der Waals surface area (Å²) in [5.74, 6) is 7.19. The van der Waals surface area contributed by atoms with Crippen LogP contribution in [0.4, 0.5) is 0 Å². The molecule has 0 heteroatoms. The Balaban J connectivity index is 1.83. The summed E-state index contributed by atoms with van der Waals surface area (Å²) in [5.41, 5.74) is 3.63. The molecule has 0 spiro atoms. The first-order chi connectivity index (χ1) is 8.42. The summed E-state index contributed by atoms with van der Waals surface area (Å²) in [6, 6.07) is 18.9. The first-order valence-electron chi connectivity index (χ1n) is 6.09. The van der Waals surface area contributed by atoms with E-state index in [1.54, 1.807) is 0 Å². The van der Waals surface area contributed by atoms with Crippen LogP contribution >= 0.6 is 0 Å². The number of hydrogen-bond acceptors (Lipinski definition) is 0. The molecule has 0 unspecified atom stereocenters. The van der Waals surface area contributed by atoms with Crippen LogP contribution in [0.5, 0.6) is 0 Å². The SMILES string of the molecule is C(#CC1CC1)c1ccc(-c2ccccc2)cc1. The quantitative estimate of drug-likeness (QED) is 0.632. The van der Waals surface area contributed by atoms with E-state index in [-0.39, 0.29) is 0 Å². The Labute approximate surface area is 102 Å². The third kappa shape index (κ3) is 2.57. The summed E-state index contributed by atoms with van der Waals surface area (Å²) < 4.78 is 0. The van der Waals surface area contributed by atoms with Crippen molar-refractivity contribution in [1.29, 1.82) is 0 Å². The molecule has 3 rings (SSSR count). The monoisotopic (exact) mass is 218 g/mol. The van der Waals surface area contributed by atoms with Crippen molar-refractivity contribution < 1.29 is 0 Å². The fraction of sp³-hybridized carbons (Fsp3) is 0.176. The average molecular weight is 218 g/mol. The van der Waals surface area contributed by atoms with Gasteiger partial charge < -0.3 is 0 Å². The molecular formula is C17H14. The Morgan fingerprint density at radius 3 is 2.06 bits per heavy atom. The molecule has 1 aliphatic carbocycles. The van der Waals surface area contributed by atoms with Gasteiger partial charge in [-0.2, -0.15) is 0 Å². The van der Waals surface area contributed by atoms with Crippen molar-refractivity contribution in [3.63, 3.8) is 0 Å². The Bertz CT molecular complexity index is 548. The molecule has 2 aromatic rings. The zero-order valence-corrected chi connectivity index (χ0v) is 9.69. The molecule has 0 bridgehead atoms. The molecule has 1 saturated carbocycles. The number of hydrogen-bond donors (Lipinski definition) is 0. The summed E-state index contributed by atoms with van der Waals surface area (Å²) in [7, 11) is 0. The molecule has 1 aliphatic rings. The fourth-order valence-corrected chi connectivity index (χ4v) is 1.79. The van der Waals surface area contributed by atoms with Crippen LogP contribution in [0.2, 0.25) is 0 Å². The molecule has 0 nitrogen and oxygen atoms in total. The molecule has 0 aliphatic heterocycles. The first kappa shape index (κ1) is 10.2. The van der Waals surface area contributed by atoms with Gasteiger partial charge in [-0.25, -0.2) is 0 Å². The van der Waals surface area contributed by atoms with E-state index >= 15 is 0 Å². The molecule has 2 aromatic carbocycles. The predicted molar refractivity (Wildman–Crippen MR) is 71.5 cm³/mol. The van der Waals surface area contributed by atoms with Gasteiger partial charge in [0.1, 0.15) is 0 Å². The second kappa shape index (κ2) is 4.47. The van der Waals surface area contributed by atoms with Crippen molar-refractivity contribution in [3.05, 3.63) is 60.2 Å². The van der Waals surface area contributed by atoms with Gasteiger partial charge in [-0.3, -0.25) is 0 Å². The lowest BCUT2D eigenvalue weighted by molar-refractivity contribution is 1.18. The molecule has 0 atom stereocenters. The highest BCUT2D eigenvalue weighted by molar-refractivity contribution is 5.64. The summed E-state index contributed by atoms with van der Waals surface area (Å²) in [6.07, 6.45) is 2.57. The molecule has 0 radical (unpaired) electrons. The van der Waals surface area contributed by atoms with Gasteiger partial charge in [0.05, 0.1) is 0 Å². The lowest BCUT2D eigenvalue weighted by Gasteiger charge is -2.00. The maximum atomic E-state index is 3.28. The van der Waals surface area contributed by atoms with Crippen molar-refractivity contribution >= 4 is 0 Å². The van der Waals surface area contributed by atoms with Crippen molar-refractivity contribution in [2.45, 2.75) is 12.8 Å². The van der Waals surface area contributed by atoms with Gasteiger partial charge >= 0.3 is 0 Å². The van der Waals surface area contributed by atoms with E-state index in [0.717, 1.165) is 5.56 Å². The van der Waals surface area contributed by atoms with E-state index in [4.69, 9.17) is 0 Å². The number of benzene rings is 2. The smallest absolute Gasteiger partial charge is 0.0245 e. The standard InChI is InChI=1S/C17H14/c1-2-4-16(5-3-1)17-12-10-15(11-13-17)9-8-14-6-7-14/h1-5,10-14H,6-7H2. The third-order valence-corrected chi connectivity index (χ3v) is 2.99. The van der Waals surface area contributed by atoms with E-state index in [9.17, 15) is 0 Å². The van der Waals surface area contributed by atoms with Crippen molar-refractivity contribution in [3.8, 4) is 23.0 Å². The van der Waals surface area contributed by atoms with Crippen molar-refractivity contribution in [2.75, 3.05) is 0 Å². The minimum absolute atomic E-state index is 0.670. The second-order valence-electron chi connectivity index (χ2n) is 4.49. The Kier molecular flexibility index (Phi) is 2.68. The highest BCUT2D eigenvalue weighted by Crippen LogP contribution is 2.27. The van der Waals surface area contributed by atoms with Gasteiger partial charge in [-0.05, 0) is 36.1 Å².